The number of hydrogen-bond acceptors (Lipinski definition) is 2. The van der Waals surface area contributed by atoms with Crippen LogP contribution in [0.2, 0.25) is 0 Å². The highest BCUT2D eigenvalue weighted by atomic mass is 16.6. The lowest BCUT2D eigenvalue weighted by molar-refractivity contribution is 0.0572. The Balaban J connectivity index is 2.12. The summed E-state index contributed by atoms with van der Waals surface area (Å²) < 4.78 is 5.58. The van der Waals surface area contributed by atoms with Gasteiger partial charge in [-0.2, -0.15) is 0 Å². The van der Waals surface area contributed by atoms with Gasteiger partial charge in [0.2, 0.25) is 0 Å². The molecular formula is C18H27NO2. The van der Waals surface area contributed by atoms with Crippen LogP contribution in [0.5, 0.6) is 0 Å². The molecule has 3 heteroatoms. The fraction of sp³-hybridized carbons (Fsp3) is 0.611. The SMILES string of the molecule is CC(C)(C)OC(=O)N(CC1CCCCC1)c1ccccc1. The normalized spacial score (nSPS) is 16.5. The van der Waals surface area contributed by atoms with Crippen molar-refractivity contribution in [3.63, 3.8) is 0 Å². The molecule has 0 N–H and O–H groups in total. The zero-order valence-electron chi connectivity index (χ0n) is 13.5. The second-order valence-electron chi connectivity index (χ2n) is 6.93. The first kappa shape index (κ1) is 15.9. The van der Waals surface area contributed by atoms with Gasteiger partial charge in [0, 0.05) is 12.2 Å². The summed E-state index contributed by atoms with van der Waals surface area (Å²) in [6, 6.07) is 9.86. The van der Waals surface area contributed by atoms with Crippen LogP contribution in [0.25, 0.3) is 0 Å². The van der Waals surface area contributed by atoms with E-state index >= 15 is 0 Å². The highest BCUT2D eigenvalue weighted by molar-refractivity contribution is 5.87. The molecule has 0 heterocycles. The van der Waals surface area contributed by atoms with Crippen LogP contribution in [0.1, 0.15) is 52.9 Å². The minimum absolute atomic E-state index is 0.237. The van der Waals surface area contributed by atoms with Crippen LogP contribution >= 0.6 is 0 Å². The molecule has 1 aromatic carbocycles. The number of benzene rings is 1. The van der Waals surface area contributed by atoms with E-state index in [0.717, 1.165) is 12.2 Å². The summed E-state index contributed by atoms with van der Waals surface area (Å²) in [6.07, 6.45) is 6.08. The van der Waals surface area contributed by atoms with Crippen LogP contribution in [0, 0.1) is 5.92 Å². The maximum Gasteiger partial charge on any atom is 0.414 e. The molecule has 21 heavy (non-hydrogen) atoms. The van der Waals surface area contributed by atoms with Gasteiger partial charge in [-0.15, -0.1) is 0 Å². The van der Waals surface area contributed by atoms with E-state index in [1.807, 2.05) is 51.1 Å². The van der Waals surface area contributed by atoms with E-state index in [1.165, 1.54) is 32.1 Å². The maximum atomic E-state index is 12.5. The number of carbonyl (C=O) groups excluding carboxylic acids is 1. The highest BCUT2D eigenvalue weighted by Crippen LogP contribution is 2.27. The van der Waals surface area contributed by atoms with Gasteiger partial charge in [0.05, 0.1) is 0 Å². The van der Waals surface area contributed by atoms with Gasteiger partial charge in [-0.05, 0) is 51.7 Å². The first-order valence-electron chi connectivity index (χ1n) is 8.01. The Morgan fingerprint density at radius 1 is 1.14 bits per heavy atom. The van der Waals surface area contributed by atoms with Gasteiger partial charge >= 0.3 is 6.09 Å². The van der Waals surface area contributed by atoms with E-state index in [0.29, 0.717) is 5.92 Å². The Morgan fingerprint density at radius 2 is 1.76 bits per heavy atom. The summed E-state index contributed by atoms with van der Waals surface area (Å²) in [4.78, 5) is 14.3. The Hall–Kier alpha value is -1.51. The summed E-state index contributed by atoms with van der Waals surface area (Å²) in [5.74, 6) is 0.589. The Kier molecular flexibility index (Phi) is 5.27. The molecule has 1 fully saturated rings. The van der Waals surface area contributed by atoms with Gasteiger partial charge in [0.15, 0.2) is 0 Å². The third-order valence-corrected chi connectivity index (χ3v) is 3.85. The van der Waals surface area contributed by atoms with Gasteiger partial charge in [-0.25, -0.2) is 4.79 Å². The molecule has 3 nitrogen and oxygen atoms in total. The zero-order chi connectivity index (χ0) is 15.3. The van der Waals surface area contributed by atoms with Crippen LogP contribution in [-0.4, -0.2) is 18.2 Å². The molecular weight excluding hydrogens is 262 g/mol. The minimum Gasteiger partial charge on any atom is -0.443 e. The third-order valence-electron chi connectivity index (χ3n) is 3.85. The first-order chi connectivity index (χ1) is 9.96. The molecule has 0 spiro atoms. The molecule has 2 rings (SSSR count). The summed E-state index contributed by atoms with van der Waals surface area (Å²) in [5.41, 5.74) is 0.466. The average Bonchev–Trinajstić information content (AvgIpc) is 2.45. The molecule has 1 aliphatic carbocycles. The largest absolute Gasteiger partial charge is 0.443 e. The average molecular weight is 289 g/mol. The van der Waals surface area contributed by atoms with E-state index in [4.69, 9.17) is 4.74 Å². The molecule has 0 atom stereocenters. The van der Waals surface area contributed by atoms with Crippen molar-refractivity contribution < 1.29 is 9.53 Å². The van der Waals surface area contributed by atoms with Crippen molar-refractivity contribution in [1.82, 2.24) is 0 Å². The van der Waals surface area contributed by atoms with Gasteiger partial charge in [-0.1, -0.05) is 37.5 Å². The second kappa shape index (κ2) is 6.97. The zero-order valence-corrected chi connectivity index (χ0v) is 13.5. The number of carbonyl (C=O) groups is 1. The van der Waals surface area contributed by atoms with Crippen molar-refractivity contribution in [3.8, 4) is 0 Å². The van der Waals surface area contributed by atoms with Crippen molar-refractivity contribution in [1.29, 1.82) is 0 Å². The van der Waals surface area contributed by atoms with E-state index in [1.54, 1.807) is 4.90 Å². The van der Waals surface area contributed by atoms with Crippen LogP contribution in [0.15, 0.2) is 30.3 Å². The number of anilines is 1. The van der Waals surface area contributed by atoms with E-state index < -0.39 is 5.60 Å². The van der Waals surface area contributed by atoms with Crippen LogP contribution in [0.4, 0.5) is 10.5 Å². The number of rotatable bonds is 3. The predicted octanol–water partition coefficient (Wildman–Crippen LogP) is 5.01. The van der Waals surface area contributed by atoms with E-state index in [2.05, 4.69) is 0 Å². The molecule has 0 unspecified atom stereocenters. The second-order valence-corrected chi connectivity index (χ2v) is 6.93. The fourth-order valence-electron chi connectivity index (χ4n) is 2.84. The smallest absolute Gasteiger partial charge is 0.414 e. The molecule has 0 aromatic heterocycles. The standard InChI is InChI=1S/C18H27NO2/c1-18(2,3)21-17(20)19(16-12-8-5-9-13-16)14-15-10-6-4-7-11-15/h5,8-9,12-13,15H,4,6-7,10-11,14H2,1-3H3. The van der Waals surface area contributed by atoms with Crippen LogP contribution in [0.3, 0.4) is 0 Å². The van der Waals surface area contributed by atoms with Crippen molar-refractivity contribution in [3.05, 3.63) is 30.3 Å². The Labute approximate surface area is 128 Å². The molecule has 0 aliphatic heterocycles. The molecule has 1 amide bonds. The minimum atomic E-state index is -0.462. The number of para-hydroxylation sites is 1. The summed E-state index contributed by atoms with van der Waals surface area (Å²) in [7, 11) is 0. The molecule has 0 radical (unpaired) electrons. The highest BCUT2D eigenvalue weighted by Gasteiger charge is 2.26. The van der Waals surface area contributed by atoms with Gasteiger partial charge < -0.3 is 4.74 Å². The van der Waals surface area contributed by atoms with Gasteiger partial charge in [0.25, 0.3) is 0 Å². The van der Waals surface area contributed by atoms with Crippen molar-refractivity contribution >= 4 is 11.8 Å². The quantitative estimate of drug-likeness (QED) is 0.783. The molecule has 1 aromatic rings. The van der Waals surface area contributed by atoms with Gasteiger partial charge in [-0.3, -0.25) is 4.90 Å². The summed E-state index contributed by atoms with van der Waals surface area (Å²) >= 11 is 0. The topological polar surface area (TPSA) is 29.5 Å². The predicted molar refractivity (Wildman–Crippen MR) is 86.6 cm³/mol. The number of amides is 1. The molecule has 116 valence electrons. The summed E-state index contributed by atoms with van der Waals surface area (Å²) in [6.45, 7) is 6.50. The first-order valence-corrected chi connectivity index (χ1v) is 8.01. The number of hydrogen-bond donors (Lipinski definition) is 0. The monoisotopic (exact) mass is 289 g/mol. The lowest BCUT2D eigenvalue weighted by Gasteiger charge is -2.31. The summed E-state index contributed by atoms with van der Waals surface area (Å²) in [5, 5.41) is 0. The Bertz CT molecular complexity index is 444. The maximum absolute atomic E-state index is 12.5. The number of ether oxygens (including phenoxy) is 1. The van der Waals surface area contributed by atoms with Gasteiger partial charge in [0.1, 0.15) is 5.60 Å². The van der Waals surface area contributed by atoms with E-state index in [9.17, 15) is 4.79 Å². The van der Waals surface area contributed by atoms with Crippen LogP contribution in [-0.2, 0) is 4.74 Å². The van der Waals surface area contributed by atoms with Crippen molar-refractivity contribution in [2.45, 2.75) is 58.5 Å². The lowest BCUT2D eigenvalue weighted by atomic mass is 9.89. The van der Waals surface area contributed by atoms with E-state index in [-0.39, 0.29) is 6.09 Å². The van der Waals surface area contributed by atoms with Crippen molar-refractivity contribution in [2.24, 2.45) is 5.92 Å². The number of nitrogens with zero attached hydrogens (tertiary/aromatic N) is 1. The lowest BCUT2D eigenvalue weighted by Crippen LogP contribution is -2.40. The molecule has 0 bridgehead atoms. The fourth-order valence-corrected chi connectivity index (χ4v) is 2.84. The molecule has 0 saturated heterocycles. The molecule has 1 aliphatic rings. The van der Waals surface area contributed by atoms with Crippen molar-refractivity contribution in [2.75, 3.05) is 11.4 Å². The third kappa shape index (κ3) is 5.07. The van der Waals surface area contributed by atoms with Crippen LogP contribution < -0.4 is 4.90 Å². The Morgan fingerprint density at radius 3 is 2.33 bits per heavy atom. The molecule has 1 saturated carbocycles.